The Hall–Kier alpha value is -2.97. The van der Waals surface area contributed by atoms with Crippen LogP contribution in [0.2, 0.25) is 0 Å². The van der Waals surface area contributed by atoms with Gasteiger partial charge in [0.05, 0.1) is 19.5 Å². The fourth-order valence-electron chi connectivity index (χ4n) is 1.74. The van der Waals surface area contributed by atoms with Gasteiger partial charge in [0.2, 0.25) is 0 Å². The van der Waals surface area contributed by atoms with Crippen molar-refractivity contribution in [2.75, 3.05) is 5.32 Å². The Morgan fingerprint density at radius 2 is 2.05 bits per heavy atom. The monoisotopic (exact) mass is 290 g/mol. The fourth-order valence-corrected chi connectivity index (χ4v) is 1.74. The number of aliphatic carboxylic acids is 1. The number of anilines is 1. The number of nitrogens with zero attached hydrogens (tertiary/aromatic N) is 4. The minimum absolute atomic E-state index is 0.0390. The number of carbonyl (C=O) groups is 2. The number of urea groups is 1. The quantitative estimate of drug-likeness (QED) is 0.739. The molecule has 1 unspecified atom stereocenters. The lowest BCUT2D eigenvalue weighted by Crippen LogP contribution is -2.34. The SMILES string of the molecule is Cn1nnc(NC(=O)NC(CC(=O)O)c2ccccc2)n1. The third-order valence-electron chi connectivity index (χ3n) is 2.62. The van der Waals surface area contributed by atoms with Gasteiger partial charge in [0.25, 0.3) is 5.95 Å². The van der Waals surface area contributed by atoms with Crippen molar-refractivity contribution in [3.05, 3.63) is 35.9 Å². The average Bonchev–Trinajstić information content (AvgIpc) is 2.83. The number of carboxylic acid groups (broad SMARTS) is 1. The first-order chi connectivity index (χ1) is 10.0. The number of carboxylic acids is 1. The number of tetrazole rings is 1. The number of nitrogens with one attached hydrogen (secondary N) is 2. The van der Waals surface area contributed by atoms with Crippen LogP contribution in [0.1, 0.15) is 18.0 Å². The Bertz CT molecular complexity index is 627. The summed E-state index contributed by atoms with van der Waals surface area (Å²) in [6.07, 6.45) is -0.231. The van der Waals surface area contributed by atoms with Crippen molar-refractivity contribution in [1.29, 1.82) is 0 Å². The summed E-state index contributed by atoms with van der Waals surface area (Å²) >= 11 is 0. The van der Waals surface area contributed by atoms with Crippen LogP contribution in [0, 0.1) is 0 Å². The van der Waals surface area contributed by atoms with Gasteiger partial charge in [-0.15, -0.1) is 5.10 Å². The van der Waals surface area contributed by atoms with Gasteiger partial charge in [0.15, 0.2) is 0 Å². The van der Waals surface area contributed by atoms with Crippen LogP contribution in [0.25, 0.3) is 0 Å². The Kier molecular flexibility index (Phi) is 4.44. The second-order valence-corrected chi connectivity index (χ2v) is 4.26. The highest BCUT2D eigenvalue weighted by Gasteiger charge is 2.18. The summed E-state index contributed by atoms with van der Waals surface area (Å²) in [6, 6.07) is 7.59. The summed E-state index contributed by atoms with van der Waals surface area (Å²) in [5.74, 6) is -0.973. The van der Waals surface area contributed by atoms with E-state index in [-0.39, 0.29) is 12.4 Å². The number of aryl methyl sites for hydroxylation is 1. The molecule has 9 nitrogen and oxygen atoms in total. The van der Waals surface area contributed by atoms with Crippen LogP contribution in [0.3, 0.4) is 0 Å². The summed E-state index contributed by atoms with van der Waals surface area (Å²) < 4.78 is 0. The van der Waals surface area contributed by atoms with Gasteiger partial charge in [-0.1, -0.05) is 35.4 Å². The number of rotatable bonds is 5. The molecule has 1 atom stereocenters. The van der Waals surface area contributed by atoms with E-state index in [0.29, 0.717) is 5.56 Å². The van der Waals surface area contributed by atoms with Gasteiger partial charge in [-0.05, 0) is 10.8 Å². The second-order valence-electron chi connectivity index (χ2n) is 4.26. The summed E-state index contributed by atoms with van der Waals surface area (Å²) in [5.41, 5.74) is 0.696. The van der Waals surface area contributed by atoms with Crippen molar-refractivity contribution >= 4 is 17.9 Å². The van der Waals surface area contributed by atoms with E-state index < -0.39 is 18.0 Å². The third kappa shape index (κ3) is 4.27. The zero-order chi connectivity index (χ0) is 15.2. The molecule has 0 aliphatic heterocycles. The van der Waals surface area contributed by atoms with Crippen LogP contribution in [-0.2, 0) is 11.8 Å². The van der Waals surface area contributed by atoms with E-state index >= 15 is 0 Å². The lowest BCUT2D eigenvalue weighted by Gasteiger charge is -2.17. The van der Waals surface area contributed by atoms with Crippen LogP contribution >= 0.6 is 0 Å². The Balaban J connectivity index is 2.04. The minimum atomic E-state index is -1.01. The molecule has 2 amide bonds. The van der Waals surface area contributed by atoms with Gasteiger partial charge in [-0.3, -0.25) is 10.1 Å². The molecule has 0 aliphatic rings. The molecule has 0 radical (unpaired) electrons. The molecule has 0 saturated heterocycles. The standard InChI is InChI=1S/C12H14N6O3/c1-18-16-11(15-17-18)14-12(21)13-9(7-10(19)20)8-5-3-2-4-6-8/h2-6,9H,7H2,1H3,(H,19,20)(H2,13,14,16,21). The van der Waals surface area contributed by atoms with Crippen LogP contribution < -0.4 is 10.6 Å². The fraction of sp³-hybridized carbons (Fsp3) is 0.250. The van der Waals surface area contributed by atoms with Crippen LogP contribution in [0.4, 0.5) is 10.7 Å². The van der Waals surface area contributed by atoms with Crippen LogP contribution in [-0.4, -0.2) is 37.3 Å². The molecule has 0 bridgehead atoms. The highest BCUT2D eigenvalue weighted by molar-refractivity contribution is 5.87. The Labute approximate surface area is 120 Å². The van der Waals surface area contributed by atoms with Gasteiger partial charge >= 0.3 is 12.0 Å². The molecule has 110 valence electrons. The van der Waals surface area contributed by atoms with Gasteiger partial charge in [-0.2, -0.15) is 4.80 Å². The van der Waals surface area contributed by atoms with E-state index in [1.54, 1.807) is 31.3 Å². The first-order valence-electron chi connectivity index (χ1n) is 6.13. The molecule has 3 N–H and O–H groups in total. The normalized spacial score (nSPS) is 11.7. The Morgan fingerprint density at radius 1 is 1.33 bits per heavy atom. The summed E-state index contributed by atoms with van der Waals surface area (Å²) in [7, 11) is 1.56. The first-order valence-corrected chi connectivity index (χ1v) is 6.13. The highest BCUT2D eigenvalue weighted by atomic mass is 16.4. The van der Waals surface area contributed by atoms with Crippen molar-refractivity contribution < 1.29 is 14.7 Å². The molecule has 1 aromatic carbocycles. The first kappa shape index (κ1) is 14.4. The second kappa shape index (κ2) is 6.46. The molecule has 0 saturated carbocycles. The van der Waals surface area contributed by atoms with Crippen molar-refractivity contribution in [1.82, 2.24) is 25.5 Å². The zero-order valence-electron chi connectivity index (χ0n) is 11.2. The Morgan fingerprint density at radius 3 is 2.62 bits per heavy atom. The maximum atomic E-state index is 11.9. The topological polar surface area (TPSA) is 122 Å². The van der Waals surface area contributed by atoms with E-state index in [9.17, 15) is 9.59 Å². The molecule has 9 heteroatoms. The summed E-state index contributed by atoms with van der Waals surface area (Å²) in [5, 5.41) is 24.9. The maximum Gasteiger partial charge on any atom is 0.322 e. The molecular weight excluding hydrogens is 276 g/mol. The van der Waals surface area contributed by atoms with E-state index in [2.05, 4.69) is 26.0 Å². The van der Waals surface area contributed by atoms with E-state index in [1.807, 2.05) is 6.07 Å². The molecule has 2 aromatic rings. The number of hydrogen-bond donors (Lipinski definition) is 3. The van der Waals surface area contributed by atoms with Crippen molar-refractivity contribution in [2.45, 2.75) is 12.5 Å². The minimum Gasteiger partial charge on any atom is -0.481 e. The lowest BCUT2D eigenvalue weighted by molar-refractivity contribution is -0.137. The van der Waals surface area contributed by atoms with Gasteiger partial charge in [-0.25, -0.2) is 4.79 Å². The van der Waals surface area contributed by atoms with Crippen molar-refractivity contribution in [3.63, 3.8) is 0 Å². The van der Waals surface area contributed by atoms with Crippen LogP contribution in [0.5, 0.6) is 0 Å². The van der Waals surface area contributed by atoms with Crippen LogP contribution in [0.15, 0.2) is 30.3 Å². The lowest BCUT2D eigenvalue weighted by atomic mass is 10.0. The number of aromatic nitrogens is 4. The predicted octanol–water partition coefficient (Wildman–Crippen LogP) is 0.548. The van der Waals surface area contributed by atoms with Crippen molar-refractivity contribution in [2.24, 2.45) is 7.05 Å². The molecule has 0 aliphatic carbocycles. The smallest absolute Gasteiger partial charge is 0.322 e. The van der Waals surface area contributed by atoms with E-state index in [1.165, 1.54) is 4.80 Å². The number of amides is 2. The third-order valence-corrected chi connectivity index (χ3v) is 2.62. The van der Waals surface area contributed by atoms with Gasteiger partial charge in [0.1, 0.15) is 0 Å². The number of benzene rings is 1. The maximum absolute atomic E-state index is 11.9. The molecule has 1 heterocycles. The summed E-state index contributed by atoms with van der Waals surface area (Å²) in [6.45, 7) is 0. The molecule has 0 fully saturated rings. The molecular formula is C12H14N6O3. The average molecular weight is 290 g/mol. The summed E-state index contributed by atoms with van der Waals surface area (Å²) in [4.78, 5) is 24.0. The zero-order valence-corrected chi connectivity index (χ0v) is 11.2. The van der Waals surface area contributed by atoms with E-state index in [4.69, 9.17) is 5.11 Å². The van der Waals surface area contributed by atoms with Crippen molar-refractivity contribution in [3.8, 4) is 0 Å². The largest absolute Gasteiger partial charge is 0.481 e. The highest BCUT2D eigenvalue weighted by Crippen LogP contribution is 2.16. The van der Waals surface area contributed by atoms with Gasteiger partial charge < -0.3 is 10.4 Å². The van der Waals surface area contributed by atoms with Gasteiger partial charge in [0, 0.05) is 0 Å². The molecule has 0 spiro atoms. The number of carbonyl (C=O) groups excluding carboxylic acids is 1. The molecule has 2 rings (SSSR count). The molecule has 21 heavy (non-hydrogen) atoms. The molecule has 1 aromatic heterocycles. The predicted molar refractivity (Wildman–Crippen MR) is 72.4 cm³/mol. The van der Waals surface area contributed by atoms with E-state index in [0.717, 1.165) is 0 Å². The number of hydrogen-bond acceptors (Lipinski definition) is 5.